The second kappa shape index (κ2) is 9.15. The normalized spacial score (nSPS) is 25.8. The molecular weight excluding hydrogens is 390 g/mol. The van der Waals surface area contributed by atoms with Gasteiger partial charge in [0.25, 0.3) is 0 Å². The molecule has 2 aliphatic rings. The largest absolute Gasteiger partial charge is 0.497 e. The lowest BCUT2D eigenvalue weighted by Crippen LogP contribution is -2.56. The second-order valence-corrected chi connectivity index (χ2v) is 8.56. The third-order valence-corrected chi connectivity index (χ3v) is 6.84. The lowest BCUT2D eigenvalue weighted by molar-refractivity contribution is -0.150. The molecule has 164 valence electrons. The van der Waals surface area contributed by atoms with Crippen molar-refractivity contribution < 1.29 is 19.4 Å². The van der Waals surface area contributed by atoms with Crippen LogP contribution in [0.25, 0.3) is 6.08 Å². The SMILES string of the molecule is COc1ccc(/C=C/C(=O)N2CC[C@]3(O)CCCC[C@H]3[C@@H]2c2ccc(OC)cc2)cc1. The summed E-state index contributed by atoms with van der Waals surface area (Å²) in [5.41, 5.74) is 1.30. The van der Waals surface area contributed by atoms with Crippen molar-refractivity contribution in [2.75, 3.05) is 20.8 Å². The van der Waals surface area contributed by atoms with Gasteiger partial charge in [-0.15, -0.1) is 0 Å². The summed E-state index contributed by atoms with van der Waals surface area (Å²) in [6.07, 6.45) is 8.00. The van der Waals surface area contributed by atoms with Gasteiger partial charge in [0.15, 0.2) is 0 Å². The molecule has 1 aliphatic carbocycles. The van der Waals surface area contributed by atoms with E-state index in [1.165, 1.54) is 0 Å². The number of likely N-dealkylation sites (tertiary alicyclic amines) is 1. The first-order valence-corrected chi connectivity index (χ1v) is 11.0. The van der Waals surface area contributed by atoms with E-state index < -0.39 is 5.60 Å². The van der Waals surface area contributed by atoms with E-state index in [4.69, 9.17) is 9.47 Å². The quantitative estimate of drug-likeness (QED) is 0.716. The third kappa shape index (κ3) is 4.47. The van der Waals surface area contributed by atoms with E-state index in [1.54, 1.807) is 20.3 Å². The average molecular weight is 422 g/mol. The van der Waals surface area contributed by atoms with Gasteiger partial charge in [0.1, 0.15) is 11.5 Å². The summed E-state index contributed by atoms with van der Waals surface area (Å²) in [6, 6.07) is 15.4. The molecule has 1 saturated heterocycles. The first-order chi connectivity index (χ1) is 15.0. The Morgan fingerprint density at radius 1 is 1.00 bits per heavy atom. The van der Waals surface area contributed by atoms with Gasteiger partial charge in [-0.25, -0.2) is 0 Å². The summed E-state index contributed by atoms with van der Waals surface area (Å²) in [7, 11) is 3.28. The van der Waals surface area contributed by atoms with Gasteiger partial charge in [-0.3, -0.25) is 4.79 Å². The Morgan fingerprint density at radius 2 is 1.65 bits per heavy atom. The highest BCUT2D eigenvalue weighted by atomic mass is 16.5. The highest BCUT2D eigenvalue weighted by Gasteiger charge is 2.49. The molecule has 0 bridgehead atoms. The Hall–Kier alpha value is -2.79. The van der Waals surface area contributed by atoms with E-state index in [2.05, 4.69) is 0 Å². The maximum atomic E-state index is 13.3. The Kier molecular flexibility index (Phi) is 6.33. The zero-order valence-electron chi connectivity index (χ0n) is 18.3. The van der Waals surface area contributed by atoms with Crippen LogP contribution in [0.4, 0.5) is 0 Å². The van der Waals surface area contributed by atoms with E-state index in [9.17, 15) is 9.90 Å². The minimum atomic E-state index is -0.695. The number of rotatable bonds is 5. The number of hydrogen-bond acceptors (Lipinski definition) is 4. The van der Waals surface area contributed by atoms with Crippen molar-refractivity contribution >= 4 is 12.0 Å². The zero-order chi connectivity index (χ0) is 21.8. The van der Waals surface area contributed by atoms with E-state index in [1.807, 2.05) is 59.5 Å². The van der Waals surface area contributed by atoms with E-state index in [0.717, 1.165) is 48.3 Å². The molecule has 1 amide bonds. The predicted octanol–water partition coefficient (Wildman–Crippen LogP) is 4.61. The topological polar surface area (TPSA) is 59.0 Å². The monoisotopic (exact) mass is 421 g/mol. The zero-order valence-corrected chi connectivity index (χ0v) is 18.3. The summed E-state index contributed by atoms with van der Waals surface area (Å²) in [5.74, 6) is 1.59. The first kappa shape index (κ1) is 21.4. The molecule has 5 heteroatoms. The highest BCUT2D eigenvalue weighted by molar-refractivity contribution is 5.92. The van der Waals surface area contributed by atoms with Crippen LogP contribution in [-0.4, -0.2) is 42.3 Å². The van der Waals surface area contributed by atoms with E-state index in [0.29, 0.717) is 13.0 Å². The van der Waals surface area contributed by atoms with Crippen LogP contribution in [0.15, 0.2) is 54.6 Å². The number of carbonyl (C=O) groups excluding carboxylic acids is 1. The number of amides is 1. The maximum absolute atomic E-state index is 13.3. The molecule has 4 rings (SSSR count). The molecule has 2 fully saturated rings. The smallest absolute Gasteiger partial charge is 0.247 e. The number of nitrogens with zero attached hydrogens (tertiary/aromatic N) is 1. The van der Waals surface area contributed by atoms with Crippen LogP contribution >= 0.6 is 0 Å². The van der Waals surface area contributed by atoms with Crippen LogP contribution in [-0.2, 0) is 4.79 Å². The molecule has 0 aromatic heterocycles. The van der Waals surface area contributed by atoms with Gasteiger partial charge in [0, 0.05) is 18.5 Å². The number of methoxy groups -OCH3 is 2. The molecule has 1 aliphatic heterocycles. The lowest BCUT2D eigenvalue weighted by atomic mass is 9.66. The van der Waals surface area contributed by atoms with Gasteiger partial charge in [-0.05, 0) is 60.7 Å². The van der Waals surface area contributed by atoms with Gasteiger partial charge in [0.2, 0.25) is 5.91 Å². The summed E-state index contributed by atoms with van der Waals surface area (Å²) < 4.78 is 10.5. The van der Waals surface area contributed by atoms with Crippen LogP contribution in [0, 0.1) is 5.92 Å². The van der Waals surface area contributed by atoms with Gasteiger partial charge in [0.05, 0.1) is 25.9 Å². The molecule has 0 spiro atoms. The van der Waals surface area contributed by atoms with E-state index >= 15 is 0 Å². The van der Waals surface area contributed by atoms with Crippen LogP contribution < -0.4 is 9.47 Å². The van der Waals surface area contributed by atoms with Crippen LogP contribution in [0.2, 0.25) is 0 Å². The van der Waals surface area contributed by atoms with Crippen molar-refractivity contribution in [3.05, 3.63) is 65.7 Å². The van der Waals surface area contributed by atoms with Crippen LogP contribution in [0.3, 0.4) is 0 Å². The number of aliphatic hydroxyl groups is 1. The number of fused-ring (bicyclic) bond motifs is 1. The summed E-state index contributed by atoms with van der Waals surface area (Å²) >= 11 is 0. The average Bonchev–Trinajstić information content (AvgIpc) is 2.82. The number of ether oxygens (including phenoxy) is 2. The van der Waals surface area contributed by atoms with Gasteiger partial charge >= 0.3 is 0 Å². The molecule has 3 atom stereocenters. The molecule has 1 heterocycles. The highest BCUT2D eigenvalue weighted by Crippen LogP contribution is 2.49. The number of carbonyl (C=O) groups is 1. The molecule has 0 radical (unpaired) electrons. The Bertz CT molecular complexity index is 921. The minimum absolute atomic E-state index is 0.0238. The van der Waals surface area contributed by atoms with Crippen LogP contribution in [0.1, 0.15) is 49.3 Å². The van der Waals surface area contributed by atoms with Crippen molar-refractivity contribution in [1.82, 2.24) is 4.90 Å². The summed E-state index contributed by atoms with van der Waals surface area (Å²) in [5, 5.41) is 11.4. The van der Waals surface area contributed by atoms with Gasteiger partial charge < -0.3 is 19.5 Å². The molecule has 2 aromatic rings. The number of piperidine rings is 1. The summed E-state index contributed by atoms with van der Waals surface area (Å²) in [6.45, 7) is 0.551. The van der Waals surface area contributed by atoms with Gasteiger partial charge in [-0.1, -0.05) is 37.1 Å². The maximum Gasteiger partial charge on any atom is 0.247 e. The molecule has 31 heavy (non-hydrogen) atoms. The number of hydrogen-bond donors (Lipinski definition) is 1. The Labute approximate surface area is 184 Å². The predicted molar refractivity (Wildman–Crippen MR) is 121 cm³/mol. The van der Waals surface area contributed by atoms with Crippen molar-refractivity contribution in [3.63, 3.8) is 0 Å². The fourth-order valence-electron chi connectivity index (χ4n) is 5.12. The lowest BCUT2D eigenvalue weighted by Gasteiger charge is -2.52. The summed E-state index contributed by atoms with van der Waals surface area (Å²) in [4.78, 5) is 15.2. The minimum Gasteiger partial charge on any atom is -0.497 e. The van der Waals surface area contributed by atoms with Crippen molar-refractivity contribution in [1.29, 1.82) is 0 Å². The Balaban J connectivity index is 1.61. The first-order valence-electron chi connectivity index (χ1n) is 11.0. The fourth-order valence-corrected chi connectivity index (χ4v) is 5.12. The molecule has 1 N–H and O–H groups in total. The van der Waals surface area contributed by atoms with Crippen LogP contribution in [0.5, 0.6) is 11.5 Å². The van der Waals surface area contributed by atoms with Crippen molar-refractivity contribution in [2.24, 2.45) is 5.92 Å². The standard InChI is InChI=1S/C26H31NO4/c1-30-21-11-6-19(7-12-21)8-15-24(28)27-18-17-26(29)16-4-3-5-23(26)25(27)20-9-13-22(31-2)14-10-20/h6-15,23,25,29H,3-5,16-18H2,1-2H3/b15-8+/t23-,25-,26+/m0/s1. The van der Waals surface area contributed by atoms with E-state index in [-0.39, 0.29) is 17.9 Å². The molecule has 1 saturated carbocycles. The molecule has 0 unspecified atom stereocenters. The second-order valence-electron chi connectivity index (χ2n) is 8.56. The molecule has 5 nitrogen and oxygen atoms in total. The van der Waals surface area contributed by atoms with Gasteiger partial charge in [-0.2, -0.15) is 0 Å². The molecule has 2 aromatic carbocycles. The Morgan fingerprint density at radius 3 is 2.29 bits per heavy atom. The molecular formula is C26H31NO4. The third-order valence-electron chi connectivity index (χ3n) is 6.84. The number of benzene rings is 2. The van der Waals surface area contributed by atoms with Crippen molar-refractivity contribution in [2.45, 2.75) is 43.7 Å². The fraction of sp³-hybridized carbons (Fsp3) is 0.423. The van der Waals surface area contributed by atoms with Crippen molar-refractivity contribution in [3.8, 4) is 11.5 Å².